The molecule has 160 valence electrons. The van der Waals surface area contributed by atoms with Gasteiger partial charge in [0.05, 0.1) is 12.9 Å². The van der Waals surface area contributed by atoms with Crippen molar-refractivity contribution in [1.82, 2.24) is 20.5 Å². The molecular weight excluding hydrogens is 384 g/mol. The Balaban J connectivity index is 1.54. The minimum absolute atomic E-state index is 0.548. The van der Waals surface area contributed by atoms with Gasteiger partial charge in [-0.15, -0.1) is 0 Å². The van der Waals surface area contributed by atoms with Crippen molar-refractivity contribution in [3.63, 3.8) is 0 Å². The fourth-order valence-electron chi connectivity index (χ4n) is 2.70. The highest BCUT2D eigenvalue weighted by atomic mass is 16.5. The number of H-pyrrole nitrogens is 1. The molecule has 2 heterocycles. The lowest BCUT2D eigenvalue weighted by Crippen LogP contribution is -2.30. The molecule has 30 heavy (non-hydrogen) atoms. The minimum atomic E-state index is 0.548. The number of methoxy groups -OCH3 is 1. The van der Waals surface area contributed by atoms with Gasteiger partial charge in [0.1, 0.15) is 11.6 Å². The van der Waals surface area contributed by atoms with Gasteiger partial charge in [-0.1, -0.05) is 6.07 Å². The maximum absolute atomic E-state index is 5.75. The number of benzene rings is 1. The molecule has 9 heteroatoms. The smallest absolute Gasteiger partial charge is 0.216 e. The molecule has 0 spiro atoms. The van der Waals surface area contributed by atoms with Crippen LogP contribution in [0.25, 0.3) is 11.6 Å². The first kappa shape index (κ1) is 21.4. The molecule has 9 nitrogen and oxygen atoms in total. The number of aromatic nitrogens is 3. The Labute approximate surface area is 175 Å². The number of nitrogens with zero attached hydrogens (tertiary/aromatic N) is 3. The topological polar surface area (TPSA) is 110 Å². The van der Waals surface area contributed by atoms with E-state index in [2.05, 4.69) is 30.8 Å². The van der Waals surface area contributed by atoms with Gasteiger partial charge in [-0.05, 0) is 31.2 Å². The number of hydrogen-bond acceptors (Lipinski definition) is 6. The zero-order chi connectivity index (χ0) is 21.0. The molecule has 0 unspecified atom stereocenters. The van der Waals surface area contributed by atoms with Gasteiger partial charge < -0.3 is 24.5 Å². The molecule has 0 saturated heterocycles. The van der Waals surface area contributed by atoms with Crippen LogP contribution >= 0.6 is 0 Å². The monoisotopic (exact) mass is 412 g/mol. The largest absolute Gasteiger partial charge is 0.493 e. The Morgan fingerprint density at radius 2 is 2.17 bits per heavy atom. The van der Waals surface area contributed by atoms with Crippen molar-refractivity contribution in [1.29, 1.82) is 0 Å². The number of rotatable bonds is 11. The summed E-state index contributed by atoms with van der Waals surface area (Å²) in [5.74, 6) is 3.44. The Morgan fingerprint density at radius 3 is 2.97 bits per heavy atom. The van der Waals surface area contributed by atoms with Crippen molar-refractivity contribution >= 4 is 11.6 Å². The van der Waals surface area contributed by atoms with Crippen LogP contribution < -0.4 is 15.4 Å². The van der Waals surface area contributed by atoms with Crippen LogP contribution in [0.2, 0.25) is 0 Å². The maximum atomic E-state index is 5.75. The molecule has 0 fully saturated rings. The normalized spacial score (nSPS) is 11.5. The number of aliphatic imine (C=N–C) groups is 1. The van der Waals surface area contributed by atoms with E-state index < -0.39 is 0 Å². The molecule has 1 aromatic carbocycles. The molecule has 0 bridgehead atoms. The molecule has 3 rings (SSSR count). The third-order valence-corrected chi connectivity index (χ3v) is 4.09. The average molecular weight is 412 g/mol. The van der Waals surface area contributed by atoms with E-state index in [1.165, 1.54) is 0 Å². The molecule has 0 amide bonds. The van der Waals surface area contributed by atoms with Gasteiger partial charge in [-0.3, -0.25) is 10.1 Å². The van der Waals surface area contributed by atoms with Crippen LogP contribution in [0.3, 0.4) is 0 Å². The van der Waals surface area contributed by atoms with Crippen molar-refractivity contribution in [2.75, 3.05) is 38.7 Å². The fraction of sp³-hybridized carbons (Fsp3) is 0.381. The minimum Gasteiger partial charge on any atom is -0.493 e. The second-order valence-corrected chi connectivity index (χ2v) is 6.44. The molecule has 3 N–H and O–H groups in total. The van der Waals surface area contributed by atoms with Crippen LogP contribution in [0, 0.1) is 0 Å². The Morgan fingerprint density at radius 1 is 1.23 bits per heavy atom. The van der Waals surface area contributed by atoms with Crippen LogP contribution in [0.1, 0.15) is 19.2 Å². The SMILES string of the molecule is CCNC(=NCCc1nc(-c2ccco2)n[nH]1)Nc1cccc(OCCCOC)c1. The van der Waals surface area contributed by atoms with Crippen LogP contribution in [0.5, 0.6) is 5.75 Å². The summed E-state index contributed by atoms with van der Waals surface area (Å²) in [7, 11) is 1.69. The Kier molecular flexibility index (Phi) is 8.28. The van der Waals surface area contributed by atoms with E-state index in [1.807, 2.05) is 43.3 Å². The van der Waals surface area contributed by atoms with Crippen molar-refractivity contribution in [2.45, 2.75) is 19.8 Å². The third-order valence-electron chi connectivity index (χ3n) is 4.09. The predicted molar refractivity (Wildman–Crippen MR) is 116 cm³/mol. The summed E-state index contributed by atoms with van der Waals surface area (Å²) >= 11 is 0. The standard InChI is InChI=1S/C21H28N6O3/c1-3-22-21(24-16-7-4-8-17(15-16)29-14-6-12-28-2)23-11-10-19-25-20(27-26-19)18-9-5-13-30-18/h4-5,7-9,13,15H,3,6,10-12,14H2,1-2H3,(H2,22,23,24)(H,25,26,27). The molecule has 0 aliphatic rings. The fourth-order valence-corrected chi connectivity index (χ4v) is 2.70. The van der Waals surface area contributed by atoms with Gasteiger partial charge in [0.2, 0.25) is 5.82 Å². The van der Waals surface area contributed by atoms with Gasteiger partial charge in [0.15, 0.2) is 11.7 Å². The number of nitrogens with one attached hydrogen (secondary N) is 3. The first-order chi connectivity index (χ1) is 14.8. The van der Waals surface area contributed by atoms with E-state index in [0.29, 0.717) is 43.7 Å². The molecule has 0 aliphatic carbocycles. The van der Waals surface area contributed by atoms with Gasteiger partial charge in [0, 0.05) is 51.4 Å². The molecule has 0 radical (unpaired) electrons. The lowest BCUT2D eigenvalue weighted by Gasteiger charge is -2.12. The van der Waals surface area contributed by atoms with Crippen molar-refractivity contribution < 1.29 is 13.9 Å². The van der Waals surface area contributed by atoms with E-state index in [0.717, 1.165) is 30.2 Å². The first-order valence-corrected chi connectivity index (χ1v) is 10.0. The van der Waals surface area contributed by atoms with Crippen LogP contribution in [0.4, 0.5) is 5.69 Å². The average Bonchev–Trinajstić information content (AvgIpc) is 3.44. The number of aromatic amines is 1. The van der Waals surface area contributed by atoms with Gasteiger partial charge in [-0.25, -0.2) is 4.98 Å². The molecule has 0 aliphatic heterocycles. The van der Waals surface area contributed by atoms with E-state index in [4.69, 9.17) is 13.9 Å². The number of anilines is 1. The third kappa shape index (κ3) is 6.63. The van der Waals surface area contributed by atoms with Gasteiger partial charge in [0.25, 0.3) is 0 Å². The molecule has 3 aromatic rings. The number of furan rings is 1. The second-order valence-electron chi connectivity index (χ2n) is 6.44. The first-order valence-electron chi connectivity index (χ1n) is 10.0. The Hall–Kier alpha value is -3.33. The van der Waals surface area contributed by atoms with E-state index >= 15 is 0 Å². The van der Waals surface area contributed by atoms with E-state index in [9.17, 15) is 0 Å². The second kappa shape index (κ2) is 11.6. The van der Waals surface area contributed by atoms with Crippen molar-refractivity contribution in [2.24, 2.45) is 4.99 Å². The molecule has 0 saturated carbocycles. The Bertz CT molecular complexity index is 907. The zero-order valence-electron chi connectivity index (χ0n) is 17.4. The van der Waals surface area contributed by atoms with Crippen molar-refractivity contribution in [3.05, 3.63) is 48.5 Å². The van der Waals surface area contributed by atoms with Gasteiger partial charge >= 0.3 is 0 Å². The lowest BCUT2D eigenvalue weighted by atomic mass is 10.3. The zero-order valence-corrected chi connectivity index (χ0v) is 17.4. The highest BCUT2D eigenvalue weighted by Gasteiger charge is 2.08. The van der Waals surface area contributed by atoms with Crippen LogP contribution in [-0.4, -0.2) is 54.6 Å². The summed E-state index contributed by atoms with van der Waals surface area (Å²) in [6.45, 7) is 4.63. The van der Waals surface area contributed by atoms with E-state index in [-0.39, 0.29) is 0 Å². The summed E-state index contributed by atoms with van der Waals surface area (Å²) in [5.41, 5.74) is 0.902. The number of guanidine groups is 1. The van der Waals surface area contributed by atoms with Crippen LogP contribution in [0.15, 0.2) is 52.1 Å². The number of ether oxygens (including phenoxy) is 2. The molecule has 2 aromatic heterocycles. The van der Waals surface area contributed by atoms with Gasteiger partial charge in [-0.2, -0.15) is 5.10 Å². The predicted octanol–water partition coefficient (Wildman–Crippen LogP) is 3.10. The van der Waals surface area contributed by atoms with Crippen LogP contribution in [-0.2, 0) is 11.2 Å². The van der Waals surface area contributed by atoms with Crippen molar-refractivity contribution in [3.8, 4) is 17.3 Å². The maximum Gasteiger partial charge on any atom is 0.216 e. The summed E-state index contributed by atoms with van der Waals surface area (Å²) < 4.78 is 16.1. The quantitative estimate of drug-likeness (QED) is 0.252. The number of hydrogen-bond donors (Lipinski definition) is 3. The highest BCUT2D eigenvalue weighted by molar-refractivity contribution is 5.93. The summed E-state index contributed by atoms with van der Waals surface area (Å²) in [6.07, 6.45) is 3.08. The summed E-state index contributed by atoms with van der Waals surface area (Å²) in [6, 6.07) is 11.4. The molecule has 0 atom stereocenters. The molecular formula is C21H28N6O3. The highest BCUT2D eigenvalue weighted by Crippen LogP contribution is 2.18. The van der Waals surface area contributed by atoms with E-state index in [1.54, 1.807) is 13.4 Å². The lowest BCUT2D eigenvalue weighted by molar-refractivity contribution is 0.172. The summed E-state index contributed by atoms with van der Waals surface area (Å²) in [4.78, 5) is 9.05. The summed E-state index contributed by atoms with van der Waals surface area (Å²) in [5, 5.41) is 13.7.